The molecule has 2 rings (SSSR count). The number of ether oxygens (including phenoxy) is 1. The van der Waals surface area contributed by atoms with Gasteiger partial charge in [0, 0.05) is 10.5 Å². The summed E-state index contributed by atoms with van der Waals surface area (Å²) in [7, 11) is 0. The summed E-state index contributed by atoms with van der Waals surface area (Å²) < 4.78 is 6.64. The number of benzene rings is 2. The Hall–Kier alpha value is -1.44. The van der Waals surface area contributed by atoms with E-state index >= 15 is 0 Å². The third kappa shape index (κ3) is 3.61. The van der Waals surface area contributed by atoms with Gasteiger partial charge in [0.15, 0.2) is 0 Å². The summed E-state index contributed by atoms with van der Waals surface area (Å²) in [6, 6.07) is 9.70. The lowest BCUT2D eigenvalue weighted by atomic mass is 10.1. The zero-order valence-electron chi connectivity index (χ0n) is 10.9. The number of aliphatic hydroxyl groups is 1. The fraction of sp³-hybridized carbons (Fsp3) is 0.143. The van der Waals surface area contributed by atoms with Crippen molar-refractivity contribution in [1.29, 1.82) is 0 Å². The highest BCUT2D eigenvalue weighted by Crippen LogP contribution is 2.37. The highest BCUT2D eigenvalue weighted by Gasteiger charge is 2.17. The maximum Gasteiger partial charge on any atom is 0.287 e. The first-order chi connectivity index (χ1) is 9.90. The number of halogens is 2. The molecule has 0 saturated carbocycles. The molecule has 2 aromatic rings. The highest BCUT2D eigenvalue weighted by atomic mass is 79.9. The number of nitrogens with zero attached hydrogens (tertiary/aromatic N) is 1. The van der Waals surface area contributed by atoms with Gasteiger partial charge in [0.2, 0.25) is 0 Å². The number of aliphatic hydroxyl groups excluding tert-OH is 1. The van der Waals surface area contributed by atoms with Crippen molar-refractivity contribution in [3.8, 4) is 11.5 Å². The van der Waals surface area contributed by atoms with Crippen LogP contribution in [0.2, 0.25) is 0 Å². The summed E-state index contributed by atoms with van der Waals surface area (Å²) in [4.78, 5) is 10.4. The highest BCUT2D eigenvalue weighted by molar-refractivity contribution is 9.11. The van der Waals surface area contributed by atoms with Crippen LogP contribution in [0.5, 0.6) is 11.5 Å². The van der Waals surface area contributed by atoms with Crippen molar-refractivity contribution in [3.63, 3.8) is 0 Å². The molecule has 0 radical (unpaired) electrons. The van der Waals surface area contributed by atoms with E-state index in [1.54, 1.807) is 37.3 Å². The fourth-order valence-corrected chi connectivity index (χ4v) is 2.94. The molecule has 1 unspecified atom stereocenters. The van der Waals surface area contributed by atoms with Crippen LogP contribution < -0.4 is 4.74 Å². The van der Waals surface area contributed by atoms with Crippen LogP contribution in [-0.2, 0) is 0 Å². The fourth-order valence-electron chi connectivity index (χ4n) is 1.76. The summed E-state index contributed by atoms with van der Waals surface area (Å²) >= 11 is 6.53. The van der Waals surface area contributed by atoms with Crippen LogP contribution in [0.3, 0.4) is 0 Å². The summed E-state index contributed by atoms with van der Waals surface area (Å²) in [6.45, 7) is 1.66. The SMILES string of the molecule is CC(O)c1ccc(Oc2cccc([N+](=O)[O-])c2Br)cc1Br. The Labute approximate surface area is 138 Å². The number of hydrogen-bond acceptors (Lipinski definition) is 4. The van der Waals surface area contributed by atoms with Gasteiger partial charge in [-0.25, -0.2) is 0 Å². The summed E-state index contributed by atoms with van der Waals surface area (Å²) in [6.07, 6.45) is -0.599. The minimum atomic E-state index is -0.599. The molecule has 110 valence electrons. The number of rotatable bonds is 4. The van der Waals surface area contributed by atoms with Gasteiger partial charge in [0.25, 0.3) is 5.69 Å². The first-order valence-corrected chi connectivity index (χ1v) is 7.57. The van der Waals surface area contributed by atoms with Gasteiger partial charge in [-0.05, 0) is 46.6 Å². The predicted octanol–water partition coefficient (Wildman–Crippen LogP) is 4.97. The Bertz CT molecular complexity index is 689. The second-order valence-electron chi connectivity index (χ2n) is 4.31. The van der Waals surface area contributed by atoms with E-state index in [1.165, 1.54) is 6.07 Å². The molecule has 0 spiro atoms. The second-order valence-corrected chi connectivity index (χ2v) is 5.96. The largest absolute Gasteiger partial charge is 0.456 e. The second kappa shape index (κ2) is 6.55. The van der Waals surface area contributed by atoms with Gasteiger partial charge in [0.1, 0.15) is 16.0 Å². The lowest BCUT2D eigenvalue weighted by Crippen LogP contribution is -1.94. The Balaban J connectivity index is 2.33. The van der Waals surface area contributed by atoms with E-state index < -0.39 is 11.0 Å². The van der Waals surface area contributed by atoms with Crippen LogP contribution in [-0.4, -0.2) is 10.0 Å². The molecule has 0 aliphatic heterocycles. The van der Waals surface area contributed by atoms with E-state index in [2.05, 4.69) is 31.9 Å². The topological polar surface area (TPSA) is 72.6 Å². The molecular weight excluding hydrogens is 406 g/mol. The molecule has 1 N–H and O–H groups in total. The zero-order chi connectivity index (χ0) is 15.6. The molecule has 0 amide bonds. The molecule has 0 heterocycles. The summed E-state index contributed by atoms with van der Waals surface area (Å²) in [5.74, 6) is 0.855. The maximum atomic E-state index is 10.9. The molecule has 0 fully saturated rings. The molecule has 0 saturated heterocycles. The monoisotopic (exact) mass is 415 g/mol. The molecule has 0 bridgehead atoms. The zero-order valence-corrected chi connectivity index (χ0v) is 14.1. The standard InChI is InChI=1S/C14H11Br2NO4/c1-8(18)10-6-5-9(7-11(10)15)21-13-4-2-3-12(14(13)16)17(19)20/h2-8,18H,1H3. The van der Waals surface area contributed by atoms with Crippen molar-refractivity contribution in [1.82, 2.24) is 0 Å². The predicted molar refractivity (Wildman–Crippen MR) is 85.6 cm³/mol. The molecule has 21 heavy (non-hydrogen) atoms. The minimum absolute atomic E-state index is 0.0628. The van der Waals surface area contributed by atoms with E-state index in [-0.39, 0.29) is 10.2 Å². The van der Waals surface area contributed by atoms with Gasteiger partial charge in [-0.3, -0.25) is 10.1 Å². The van der Waals surface area contributed by atoms with Crippen molar-refractivity contribution >= 4 is 37.5 Å². The van der Waals surface area contributed by atoms with Gasteiger partial charge < -0.3 is 9.84 Å². The normalized spacial score (nSPS) is 12.0. The summed E-state index contributed by atoms with van der Waals surface area (Å²) in [5, 5.41) is 20.5. The van der Waals surface area contributed by atoms with E-state index in [0.29, 0.717) is 16.0 Å². The lowest BCUT2D eigenvalue weighted by molar-refractivity contribution is -0.385. The quantitative estimate of drug-likeness (QED) is 0.564. The van der Waals surface area contributed by atoms with E-state index in [1.807, 2.05) is 0 Å². The molecule has 7 heteroatoms. The average molecular weight is 417 g/mol. The molecule has 5 nitrogen and oxygen atoms in total. The van der Waals surface area contributed by atoms with Crippen LogP contribution in [0.25, 0.3) is 0 Å². The van der Waals surface area contributed by atoms with Crippen LogP contribution in [0, 0.1) is 10.1 Å². The molecule has 0 aromatic heterocycles. The molecule has 1 atom stereocenters. The number of nitro groups is 1. The third-order valence-electron chi connectivity index (χ3n) is 2.79. The van der Waals surface area contributed by atoms with E-state index in [4.69, 9.17) is 4.74 Å². The Morgan fingerprint density at radius 1 is 1.29 bits per heavy atom. The van der Waals surface area contributed by atoms with Gasteiger partial charge in [0.05, 0.1) is 11.0 Å². The number of nitro benzene ring substituents is 1. The Morgan fingerprint density at radius 3 is 2.57 bits per heavy atom. The van der Waals surface area contributed by atoms with Gasteiger partial charge in [-0.1, -0.05) is 28.1 Å². The van der Waals surface area contributed by atoms with Crippen LogP contribution in [0.1, 0.15) is 18.6 Å². The minimum Gasteiger partial charge on any atom is -0.456 e. The van der Waals surface area contributed by atoms with Crippen molar-refractivity contribution in [3.05, 3.63) is 61.0 Å². The van der Waals surface area contributed by atoms with Gasteiger partial charge in [-0.15, -0.1) is 0 Å². The average Bonchev–Trinajstić information content (AvgIpc) is 2.40. The van der Waals surface area contributed by atoms with Crippen LogP contribution in [0.15, 0.2) is 45.3 Å². The van der Waals surface area contributed by atoms with E-state index in [0.717, 1.165) is 5.56 Å². The number of hydrogen-bond donors (Lipinski definition) is 1. The molecular formula is C14H11Br2NO4. The third-order valence-corrected chi connectivity index (χ3v) is 4.27. The first kappa shape index (κ1) is 15.9. The molecule has 0 aliphatic carbocycles. The van der Waals surface area contributed by atoms with Crippen molar-refractivity contribution in [2.75, 3.05) is 0 Å². The van der Waals surface area contributed by atoms with Crippen molar-refractivity contribution < 1.29 is 14.8 Å². The van der Waals surface area contributed by atoms with Crippen molar-refractivity contribution in [2.24, 2.45) is 0 Å². The van der Waals surface area contributed by atoms with Gasteiger partial charge in [-0.2, -0.15) is 0 Å². The molecule has 0 aliphatic rings. The van der Waals surface area contributed by atoms with Crippen LogP contribution >= 0.6 is 31.9 Å². The maximum absolute atomic E-state index is 10.9. The van der Waals surface area contributed by atoms with Crippen molar-refractivity contribution in [2.45, 2.75) is 13.0 Å². The first-order valence-electron chi connectivity index (χ1n) is 5.98. The van der Waals surface area contributed by atoms with Gasteiger partial charge >= 0.3 is 0 Å². The van der Waals surface area contributed by atoms with Crippen LogP contribution in [0.4, 0.5) is 5.69 Å². The Kier molecular flexibility index (Phi) is 4.97. The van der Waals surface area contributed by atoms with E-state index in [9.17, 15) is 15.2 Å². The smallest absolute Gasteiger partial charge is 0.287 e. The summed E-state index contributed by atoms with van der Waals surface area (Å²) in [5.41, 5.74) is 0.674. The Morgan fingerprint density at radius 2 is 2.00 bits per heavy atom. The lowest BCUT2D eigenvalue weighted by Gasteiger charge is -2.11. The molecule has 2 aromatic carbocycles.